The van der Waals surface area contributed by atoms with Crippen molar-refractivity contribution in [3.63, 3.8) is 0 Å². The van der Waals surface area contributed by atoms with Crippen molar-refractivity contribution in [3.8, 4) is 0 Å². The summed E-state index contributed by atoms with van der Waals surface area (Å²) in [4.78, 5) is 0. The Morgan fingerprint density at radius 2 is 2.18 bits per heavy atom. The van der Waals surface area contributed by atoms with Crippen LogP contribution in [0.3, 0.4) is 0 Å². The number of aryl methyl sites for hydroxylation is 1. The molecular formula is C13H16ClNO2. The largest absolute Gasteiger partial charge is 0.459 e. The summed E-state index contributed by atoms with van der Waals surface area (Å²) in [5.41, 5.74) is 2.98. The third-order valence-electron chi connectivity index (χ3n) is 2.79. The van der Waals surface area contributed by atoms with Gasteiger partial charge in [-0.1, -0.05) is 17.7 Å². The Bertz CT molecular complexity index is 534. The molecule has 0 radical (unpaired) electrons. The second kappa shape index (κ2) is 5.08. The molecule has 3 nitrogen and oxygen atoms in total. The predicted molar refractivity (Wildman–Crippen MR) is 69.4 cm³/mol. The van der Waals surface area contributed by atoms with Crippen LogP contribution in [0.5, 0.6) is 0 Å². The van der Waals surface area contributed by atoms with E-state index in [2.05, 4.69) is 5.32 Å². The average molecular weight is 254 g/mol. The smallest absolute Gasteiger partial charge is 0.139 e. The fraction of sp³-hybridized carbons (Fsp3) is 0.385. The molecule has 1 N–H and O–H groups in total. The molecular weight excluding hydrogens is 238 g/mol. The fourth-order valence-corrected chi connectivity index (χ4v) is 2.26. The van der Waals surface area contributed by atoms with Crippen LogP contribution in [0.2, 0.25) is 5.02 Å². The maximum atomic E-state index is 6.25. The van der Waals surface area contributed by atoms with Gasteiger partial charge in [0.25, 0.3) is 0 Å². The highest BCUT2D eigenvalue weighted by Gasteiger charge is 2.17. The molecule has 1 aromatic heterocycles. The lowest BCUT2D eigenvalue weighted by atomic mass is 10.1. The van der Waals surface area contributed by atoms with Crippen LogP contribution >= 0.6 is 11.6 Å². The molecule has 17 heavy (non-hydrogen) atoms. The minimum Gasteiger partial charge on any atom is -0.459 e. The molecule has 0 aliphatic heterocycles. The summed E-state index contributed by atoms with van der Waals surface area (Å²) in [6.45, 7) is 3.19. The third-order valence-corrected chi connectivity index (χ3v) is 3.11. The summed E-state index contributed by atoms with van der Waals surface area (Å²) in [5.74, 6) is 0.889. The van der Waals surface area contributed by atoms with E-state index in [0.29, 0.717) is 18.2 Å². The van der Waals surface area contributed by atoms with E-state index < -0.39 is 0 Å². The van der Waals surface area contributed by atoms with Gasteiger partial charge in [-0.05, 0) is 25.6 Å². The molecule has 1 heterocycles. The lowest BCUT2D eigenvalue weighted by Gasteiger charge is -2.02. The van der Waals surface area contributed by atoms with E-state index in [0.717, 1.165) is 27.9 Å². The standard InChI is InChI=1S/C13H16ClNO2/c1-8-4-5-10(14)12-9(7-16-3)11(6-15-2)17-13(8)12/h4-5,15H,6-7H2,1-3H3. The minimum absolute atomic E-state index is 0.507. The van der Waals surface area contributed by atoms with Gasteiger partial charge in [-0.2, -0.15) is 0 Å². The maximum absolute atomic E-state index is 6.25. The van der Waals surface area contributed by atoms with Crippen molar-refractivity contribution >= 4 is 22.6 Å². The number of ether oxygens (including phenoxy) is 1. The number of hydrogen-bond donors (Lipinski definition) is 1. The molecule has 0 atom stereocenters. The molecule has 0 amide bonds. The van der Waals surface area contributed by atoms with Gasteiger partial charge in [-0.3, -0.25) is 0 Å². The lowest BCUT2D eigenvalue weighted by Crippen LogP contribution is -2.06. The van der Waals surface area contributed by atoms with Crippen LogP contribution in [-0.4, -0.2) is 14.2 Å². The molecule has 4 heteroatoms. The molecule has 2 aromatic rings. The molecule has 92 valence electrons. The van der Waals surface area contributed by atoms with Gasteiger partial charge in [-0.15, -0.1) is 0 Å². The Hall–Kier alpha value is -1.03. The van der Waals surface area contributed by atoms with E-state index in [9.17, 15) is 0 Å². The minimum atomic E-state index is 0.507. The van der Waals surface area contributed by atoms with Gasteiger partial charge in [0.15, 0.2) is 0 Å². The van der Waals surface area contributed by atoms with Gasteiger partial charge in [0.05, 0.1) is 18.2 Å². The monoisotopic (exact) mass is 253 g/mol. The number of benzene rings is 1. The zero-order valence-electron chi connectivity index (χ0n) is 10.3. The Morgan fingerprint density at radius 1 is 1.41 bits per heavy atom. The van der Waals surface area contributed by atoms with Gasteiger partial charge in [0, 0.05) is 18.1 Å². The zero-order valence-corrected chi connectivity index (χ0v) is 11.0. The first-order chi connectivity index (χ1) is 8.19. The van der Waals surface area contributed by atoms with E-state index in [1.807, 2.05) is 26.1 Å². The van der Waals surface area contributed by atoms with Crippen LogP contribution in [0.1, 0.15) is 16.9 Å². The number of fused-ring (bicyclic) bond motifs is 1. The van der Waals surface area contributed by atoms with Crippen LogP contribution in [0.25, 0.3) is 11.0 Å². The summed E-state index contributed by atoms with van der Waals surface area (Å²) in [5, 5.41) is 4.77. The summed E-state index contributed by atoms with van der Waals surface area (Å²) in [6, 6.07) is 3.87. The highest BCUT2D eigenvalue weighted by Crippen LogP contribution is 2.34. The van der Waals surface area contributed by atoms with Crippen molar-refractivity contribution in [2.75, 3.05) is 14.2 Å². The van der Waals surface area contributed by atoms with E-state index in [1.165, 1.54) is 0 Å². The lowest BCUT2D eigenvalue weighted by molar-refractivity contribution is 0.183. The van der Waals surface area contributed by atoms with Crippen LogP contribution in [-0.2, 0) is 17.9 Å². The van der Waals surface area contributed by atoms with Gasteiger partial charge in [0.2, 0.25) is 0 Å². The van der Waals surface area contributed by atoms with Crippen molar-refractivity contribution in [1.29, 1.82) is 0 Å². The van der Waals surface area contributed by atoms with Crippen molar-refractivity contribution in [2.45, 2.75) is 20.1 Å². The molecule has 0 spiro atoms. The normalized spacial score (nSPS) is 11.3. The first-order valence-electron chi connectivity index (χ1n) is 5.52. The van der Waals surface area contributed by atoms with Gasteiger partial charge < -0.3 is 14.5 Å². The summed E-state index contributed by atoms with van der Waals surface area (Å²) < 4.78 is 11.1. The van der Waals surface area contributed by atoms with Crippen molar-refractivity contribution in [3.05, 3.63) is 34.0 Å². The highest BCUT2D eigenvalue weighted by molar-refractivity contribution is 6.35. The van der Waals surface area contributed by atoms with Crippen molar-refractivity contribution in [2.24, 2.45) is 0 Å². The van der Waals surface area contributed by atoms with Crippen molar-refractivity contribution in [1.82, 2.24) is 5.32 Å². The summed E-state index contributed by atoms with van der Waals surface area (Å²) in [7, 11) is 3.56. The van der Waals surface area contributed by atoms with E-state index in [4.69, 9.17) is 20.8 Å². The van der Waals surface area contributed by atoms with Crippen LogP contribution in [0.15, 0.2) is 16.5 Å². The Morgan fingerprint density at radius 3 is 2.82 bits per heavy atom. The predicted octanol–water partition coefficient (Wildman–Crippen LogP) is 3.26. The SMILES string of the molecule is CNCc1oc2c(C)ccc(Cl)c2c1COC. The van der Waals surface area contributed by atoms with Crippen molar-refractivity contribution < 1.29 is 9.15 Å². The van der Waals surface area contributed by atoms with Crippen LogP contribution in [0.4, 0.5) is 0 Å². The van der Waals surface area contributed by atoms with E-state index >= 15 is 0 Å². The fourth-order valence-electron chi connectivity index (χ4n) is 2.00. The molecule has 1 aromatic carbocycles. The molecule has 0 saturated heterocycles. The molecule has 0 unspecified atom stereocenters. The molecule has 0 aliphatic rings. The van der Waals surface area contributed by atoms with E-state index in [-0.39, 0.29) is 0 Å². The molecule has 0 saturated carbocycles. The maximum Gasteiger partial charge on any atom is 0.139 e. The Balaban J connectivity index is 2.70. The third kappa shape index (κ3) is 2.18. The first kappa shape index (κ1) is 12.4. The Labute approximate surface area is 106 Å². The number of hydrogen-bond acceptors (Lipinski definition) is 3. The summed E-state index contributed by atoms with van der Waals surface area (Å²) >= 11 is 6.25. The number of halogens is 1. The topological polar surface area (TPSA) is 34.4 Å². The number of methoxy groups -OCH3 is 1. The number of nitrogens with one attached hydrogen (secondary N) is 1. The second-order valence-electron chi connectivity index (χ2n) is 4.04. The first-order valence-corrected chi connectivity index (χ1v) is 5.89. The molecule has 2 rings (SSSR count). The number of rotatable bonds is 4. The van der Waals surface area contributed by atoms with Gasteiger partial charge in [0.1, 0.15) is 11.3 Å². The second-order valence-corrected chi connectivity index (χ2v) is 4.44. The van der Waals surface area contributed by atoms with Crippen LogP contribution < -0.4 is 5.32 Å². The quantitative estimate of drug-likeness (QED) is 0.908. The summed E-state index contributed by atoms with van der Waals surface area (Å²) in [6.07, 6.45) is 0. The molecule has 0 aliphatic carbocycles. The van der Waals surface area contributed by atoms with E-state index in [1.54, 1.807) is 7.11 Å². The van der Waals surface area contributed by atoms with Gasteiger partial charge >= 0.3 is 0 Å². The average Bonchev–Trinajstić information content (AvgIpc) is 2.66. The zero-order chi connectivity index (χ0) is 12.4. The molecule has 0 bridgehead atoms. The highest BCUT2D eigenvalue weighted by atomic mass is 35.5. The Kier molecular flexibility index (Phi) is 3.72. The molecule has 0 fully saturated rings. The van der Waals surface area contributed by atoms with Crippen LogP contribution in [0, 0.1) is 6.92 Å². The van der Waals surface area contributed by atoms with Gasteiger partial charge in [-0.25, -0.2) is 0 Å². The number of furan rings is 1.